The van der Waals surface area contributed by atoms with Crippen LogP contribution in [0.1, 0.15) is 83.8 Å². The molecule has 5 aliphatic carbocycles. The average Bonchev–Trinajstić information content (AvgIpc) is 1.53. The van der Waals surface area contributed by atoms with E-state index in [4.69, 9.17) is 24.9 Å². The molecular formula is C104H74N6. The number of hydrogen-bond donors (Lipinski definition) is 0. The van der Waals surface area contributed by atoms with E-state index in [2.05, 4.69) is 313 Å². The molecular weight excluding hydrogens is 1330 g/mol. The normalized spacial score (nSPS) is 12.6. The second kappa shape index (κ2) is 25.9. The minimum atomic E-state index is 0.923. The first-order chi connectivity index (χ1) is 54.1. The molecule has 6 heterocycles. The third-order valence-corrected chi connectivity index (χ3v) is 24.2. The molecule has 5 aliphatic rings. The van der Waals surface area contributed by atoms with Crippen LogP contribution in [0, 0.1) is 34.6 Å². The summed E-state index contributed by atoms with van der Waals surface area (Å²) in [6.45, 7) is 10.8. The van der Waals surface area contributed by atoms with Gasteiger partial charge < -0.3 is 0 Å². The fourth-order valence-corrected chi connectivity index (χ4v) is 18.8. The molecule has 6 nitrogen and oxygen atoms in total. The maximum absolute atomic E-state index is 4.96. The number of nitrogens with zero attached hydrogens (tertiary/aromatic N) is 6. The zero-order valence-corrected chi connectivity index (χ0v) is 62.0. The summed E-state index contributed by atoms with van der Waals surface area (Å²) in [4.78, 5) is 28.7. The quantitative estimate of drug-likeness (QED) is 0.141. The van der Waals surface area contributed by atoms with Crippen LogP contribution in [0.3, 0.4) is 0 Å². The first-order valence-corrected chi connectivity index (χ1v) is 38.4. The van der Waals surface area contributed by atoms with Gasteiger partial charge in [-0.25, -0.2) is 0 Å². The molecule has 20 aromatic rings. The summed E-state index contributed by atoms with van der Waals surface area (Å²) in [5.41, 5.74) is 36.2. The molecule has 0 saturated carbocycles. The number of benzene rings is 14. The van der Waals surface area contributed by atoms with Gasteiger partial charge in [-0.2, -0.15) is 0 Å². The maximum atomic E-state index is 4.96. The number of aromatic nitrogens is 6. The van der Waals surface area contributed by atoms with Crippen molar-refractivity contribution in [2.75, 3.05) is 0 Å². The molecule has 0 amide bonds. The molecule has 25 rings (SSSR count). The highest BCUT2D eigenvalue weighted by Gasteiger charge is 2.30. The topological polar surface area (TPSA) is 77.3 Å². The van der Waals surface area contributed by atoms with Gasteiger partial charge in [0.1, 0.15) is 0 Å². The van der Waals surface area contributed by atoms with Crippen LogP contribution >= 0.6 is 0 Å². The largest absolute Gasteiger partial charge is 0.256 e. The van der Waals surface area contributed by atoms with Crippen LogP contribution in [-0.2, 0) is 32.1 Å². The van der Waals surface area contributed by atoms with Gasteiger partial charge in [0, 0.05) is 99.2 Å². The van der Waals surface area contributed by atoms with Crippen LogP contribution < -0.4 is 0 Å². The van der Waals surface area contributed by atoms with Crippen molar-refractivity contribution < 1.29 is 0 Å². The van der Waals surface area contributed by atoms with Crippen molar-refractivity contribution in [3.05, 3.63) is 381 Å². The second-order valence-electron chi connectivity index (χ2n) is 30.3. The Morgan fingerprint density at radius 2 is 0.691 bits per heavy atom. The van der Waals surface area contributed by atoms with E-state index in [1.165, 1.54) is 198 Å². The first-order valence-electron chi connectivity index (χ1n) is 38.4. The van der Waals surface area contributed by atoms with Crippen molar-refractivity contribution in [3.8, 4) is 56.0 Å². The number of aryl methyl sites for hydroxylation is 5. The maximum Gasteiger partial charge on any atom is 0.0974 e. The highest BCUT2D eigenvalue weighted by atomic mass is 14.8. The summed E-state index contributed by atoms with van der Waals surface area (Å²) in [5.74, 6) is 0. The van der Waals surface area contributed by atoms with Crippen LogP contribution in [-0.4, -0.2) is 29.9 Å². The summed E-state index contributed by atoms with van der Waals surface area (Å²) in [6.07, 6.45) is 10.7. The standard InChI is InChI=1S/C22H16.2C21H15N.2C20H14N2/c1-14-5-4-8-19-21(14)13-16-10-11-18-17-7-3-2-6-15(17)9-12-20(18)22(16)19;1-13-19-12-15-7-3-4-8-16(15)20(19)18-11-10-14-6-2-5-9-17(14)21(18)22-13;1-13-10-11-22-21-19(13)12-15-7-8-17-16-5-3-2-4-14(16)6-9-18(17)20(15)21;1-12-14-7-4-5-9-16(14)18-10-17-15-8-3-2-6-13(15)11-21-19(17)20(18)22-12;1-12-17-11-14-5-2-3-7-15(14)18(17)16-9-8-13-6-4-10-21-19(13)20(16)22-12/h2-12H,13H2,1H3;2*2-11H,12H2,1H3;2-9,11H,10H2,1H3;2-10H,11H2,1H3. The lowest BCUT2D eigenvalue weighted by Crippen LogP contribution is -1.94. The van der Waals surface area contributed by atoms with E-state index >= 15 is 0 Å². The molecule has 520 valence electrons. The fraction of sp³-hybridized carbons (Fsp3) is 0.0962. The van der Waals surface area contributed by atoms with Gasteiger partial charge in [0.25, 0.3) is 0 Å². The summed E-state index contributed by atoms with van der Waals surface area (Å²) < 4.78 is 0. The van der Waals surface area contributed by atoms with Gasteiger partial charge in [0.05, 0.1) is 33.6 Å². The lowest BCUT2D eigenvalue weighted by molar-refractivity contribution is 1.14. The molecule has 0 radical (unpaired) electrons. The second-order valence-corrected chi connectivity index (χ2v) is 30.3. The van der Waals surface area contributed by atoms with E-state index in [0.29, 0.717) is 0 Å². The smallest absolute Gasteiger partial charge is 0.0974 e. The lowest BCUT2D eigenvalue weighted by Gasteiger charge is -2.11. The van der Waals surface area contributed by atoms with Crippen LogP contribution in [0.4, 0.5) is 0 Å². The first kappa shape index (κ1) is 64.9. The average molecular weight is 1410 g/mol. The van der Waals surface area contributed by atoms with Crippen LogP contribution in [0.15, 0.2) is 298 Å². The van der Waals surface area contributed by atoms with Gasteiger partial charge >= 0.3 is 0 Å². The zero-order chi connectivity index (χ0) is 73.4. The highest BCUT2D eigenvalue weighted by Crippen LogP contribution is 2.49. The summed E-state index contributed by atoms with van der Waals surface area (Å²) in [5, 5.41) is 21.9. The van der Waals surface area contributed by atoms with Gasteiger partial charge in [0.15, 0.2) is 0 Å². The molecule has 14 aromatic carbocycles. The van der Waals surface area contributed by atoms with Crippen LogP contribution in [0.5, 0.6) is 0 Å². The van der Waals surface area contributed by atoms with Crippen LogP contribution in [0.2, 0.25) is 0 Å². The molecule has 0 unspecified atom stereocenters. The summed E-state index contributed by atoms with van der Waals surface area (Å²) in [7, 11) is 0. The predicted molar refractivity (Wildman–Crippen MR) is 459 cm³/mol. The lowest BCUT2D eigenvalue weighted by atomic mass is 9.94. The van der Waals surface area contributed by atoms with Crippen molar-refractivity contribution >= 4 is 108 Å². The van der Waals surface area contributed by atoms with Crippen molar-refractivity contribution in [2.24, 2.45) is 0 Å². The molecule has 0 spiro atoms. The highest BCUT2D eigenvalue weighted by molar-refractivity contribution is 6.16. The van der Waals surface area contributed by atoms with E-state index in [9.17, 15) is 0 Å². The van der Waals surface area contributed by atoms with Crippen molar-refractivity contribution in [2.45, 2.75) is 66.7 Å². The third-order valence-electron chi connectivity index (χ3n) is 24.2. The third kappa shape index (κ3) is 10.4. The molecule has 0 bridgehead atoms. The SMILES string of the molecule is Cc1cccc2c1Cc1ccc3c(ccc4ccccc43)c1-2.Cc1ccnc2c1Cc1ccc3c(ccc4ccccc43)c1-2.Cc1nc2c(c3ccccc13)Cc1c-2ncc2ccccc12.Cc1nc2c(ccc3ccccc32)c2c1Cc1ccccc1-2.Cc1nc2c(ccc3cccnc32)c2c1Cc1ccccc1-2. The van der Waals surface area contributed by atoms with Gasteiger partial charge in [-0.05, 0) is 213 Å². The Kier molecular flexibility index (Phi) is 15.3. The zero-order valence-electron chi connectivity index (χ0n) is 62.0. The van der Waals surface area contributed by atoms with Crippen molar-refractivity contribution in [3.63, 3.8) is 0 Å². The molecule has 6 aromatic heterocycles. The molecule has 0 saturated heterocycles. The Morgan fingerprint density at radius 3 is 1.37 bits per heavy atom. The van der Waals surface area contributed by atoms with E-state index in [1.807, 2.05) is 24.7 Å². The van der Waals surface area contributed by atoms with E-state index in [-0.39, 0.29) is 0 Å². The molecule has 0 atom stereocenters. The Bertz CT molecular complexity index is 6980. The number of hydrogen-bond acceptors (Lipinski definition) is 6. The minimum Gasteiger partial charge on any atom is -0.256 e. The molecule has 6 heteroatoms. The molecule has 110 heavy (non-hydrogen) atoms. The van der Waals surface area contributed by atoms with E-state index < -0.39 is 0 Å². The summed E-state index contributed by atoms with van der Waals surface area (Å²) >= 11 is 0. The summed E-state index contributed by atoms with van der Waals surface area (Å²) in [6, 6.07) is 100. The minimum absolute atomic E-state index is 0.923. The van der Waals surface area contributed by atoms with Gasteiger partial charge in [-0.1, -0.05) is 267 Å². The van der Waals surface area contributed by atoms with Gasteiger partial charge in [0.2, 0.25) is 0 Å². The van der Waals surface area contributed by atoms with Gasteiger partial charge in [-0.3, -0.25) is 29.9 Å². The van der Waals surface area contributed by atoms with Crippen LogP contribution in [0.25, 0.3) is 164 Å². The van der Waals surface area contributed by atoms with Crippen molar-refractivity contribution in [1.82, 2.24) is 29.9 Å². The van der Waals surface area contributed by atoms with E-state index in [1.54, 1.807) is 0 Å². The predicted octanol–water partition coefficient (Wildman–Crippen LogP) is 25.7. The Labute approximate surface area is 638 Å². The molecule has 0 fully saturated rings. The van der Waals surface area contributed by atoms with E-state index in [0.717, 1.165) is 82.5 Å². The Balaban J connectivity index is 0.0000000873. The Hall–Kier alpha value is -13.4. The number of pyridine rings is 6. The number of fused-ring (bicyclic) bond motifs is 35. The molecule has 0 aliphatic heterocycles. The van der Waals surface area contributed by atoms with Gasteiger partial charge in [-0.15, -0.1) is 0 Å². The molecule has 0 N–H and O–H groups in total. The Morgan fingerprint density at radius 1 is 0.209 bits per heavy atom. The number of rotatable bonds is 0. The van der Waals surface area contributed by atoms with Crippen molar-refractivity contribution in [1.29, 1.82) is 0 Å². The monoisotopic (exact) mass is 1410 g/mol. The fourth-order valence-electron chi connectivity index (χ4n) is 18.8.